The number of thiol groups is 1. The highest BCUT2D eigenvalue weighted by Gasteiger charge is 2.08. The van der Waals surface area contributed by atoms with E-state index in [0.29, 0.717) is 0 Å². The summed E-state index contributed by atoms with van der Waals surface area (Å²) < 4.78 is 0. The van der Waals surface area contributed by atoms with E-state index < -0.39 is 0 Å². The summed E-state index contributed by atoms with van der Waals surface area (Å²) in [6.45, 7) is 3.03. The van der Waals surface area contributed by atoms with Crippen molar-refractivity contribution in [2.45, 2.75) is 13.3 Å². The number of hydrogen-bond donors (Lipinski definition) is 2. The summed E-state index contributed by atoms with van der Waals surface area (Å²) in [5.41, 5.74) is 5.20. The van der Waals surface area contributed by atoms with E-state index in [4.69, 9.17) is 0 Å². The summed E-state index contributed by atoms with van der Waals surface area (Å²) in [4.78, 5) is 2.17. The number of nitrogens with zero attached hydrogens (tertiary/aromatic N) is 3. The van der Waals surface area contributed by atoms with E-state index in [1.165, 1.54) is 5.69 Å². The predicted molar refractivity (Wildman–Crippen MR) is 110 cm³/mol. The molecule has 0 aromatic heterocycles. The Kier molecular flexibility index (Phi) is 7.70. The van der Waals surface area contributed by atoms with Gasteiger partial charge in [-0.05, 0) is 42.8 Å². The summed E-state index contributed by atoms with van der Waals surface area (Å²) in [5.74, 6) is 0.830. The summed E-state index contributed by atoms with van der Waals surface area (Å²) in [7, 11) is 4.10. The van der Waals surface area contributed by atoms with Crippen molar-refractivity contribution in [1.82, 2.24) is 0 Å². The average molecular weight is 356 g/mol. The Balaban J connectivity index is 2.21. The molecule has 2 aromatic carbocycles. The van der Waals surface area contributed by atoms with Crippen molar-refractivity contribution < 1.29 is 5.32 Å². The summed E-state index contributed by atoms with van der Waals surface area (Å²) in [5, 5.41) is 11.0. The van der Waals surface area contributed by atoms with Crippen molar-refractivity contribution in [2.75, 3.05) is 31.3 Å². The van der Waals surface area contributed by atoms with Gasteiger partial charge >= 0.3 is 0 Å². The van der Waals surface area contributed by atoms with Gasteiger partial charge in [0.25, 0.3) is 0 Å². The Hall–Kier alpha value is -2.11. The van der Waals surface area contributed by atoms with Gasteiger partial charge in [-0.25, -0.2) is 0 Å². The molecule has 0 aliphatic rings. The summed E-state index contributed by atoms with van der Waals surface area (Å²) >= 11 is 4.27. The zero-order valence-corrected chi connectivity index (χ0v) is 16.1. The number of nitrogens with two attached hydrogens (primary N) is 1. The third kappa shape index (κ3) is 5.44. The number of quaternary nitrogens is 1. The van der Waals surface area contributed by atoms with E-state index in [1.54, 1.807) is 0 Å². The predicted octanol–water partition coefficient (Wildman–Crippen LogP) is 4.41. The number of allylic oxidation sites excluding steroid dienone is 1. The van der Waals surface area contributed by atoms with Gasteiger partial charge in [0.1, 0.15) is 5.69 Å². The Morgan fingerprint density at radius 3 is 2.52 bits per heavy atom. The second-order valence-corrected chi connectivity index (χ2v) is 6.18. The monoisotopic (exact) mass is 355 g/mol. The molecule has 0 heterocycles. The Labute approximate surface area is 156 Å². The number of benzene rings is 2. The van der Waals surface area contributed by atoms with E-state index in [0.717, 1.165) is 41.4 Å². The molecule has 0 saturated heterocycles. The third-order valence-corrected chi connectivity index (χ3v) is 4.14. The fraction of sp³-hybridized carbons (Fsp3) is 0.300. The lowest BCUT2D eigenvalue weighted by Crippen LogP contribution is -2.73. The molecule has 5 heteroatoms. The first-order valence-corrected chi connectivity index (χ1v) is 9.25. The average Bonchev–Trinajstić information content (AvgIpc) is 2.65. The van der Waals surface area contributed by atoms with Crippen molar-refractivity contribution in [1.29, 1.82) is 0 Å². The van der Waals surface area contributed by atoms with Crippen molar-refractivity contribution in [2.24, 2.45) is 10.2 Å². The zero-order valence-electron chi connectivity index (χ0n) is 15.2. The van der Waals surface area contributed by atoms with Crippen LogP contribution in [0.15, 0.2) is 64.8 Å². The first-order valence-electron chi connectivity index (χ1n) is 8.62. The number of anilines is 1. The van der Waals surface area contributed by atoms with Crippen LogP contribution in [0.4, 0.5) is 17.1 Å². The highest BCUT2D eigenvalue weighted by atomic mass is 32.1. The van der Waals surface area contributed by atoms with Gasteiger partial charge < -0.3 is 10.2 Å². The number of para-hydroxylation sites is 1. The smallest absolute Gasteiger partial charge is 0.138 e. The SMILES string of the molecule is CC/C=C(/N=Nc1ccc(N(C)CCS)cc1)c1ccccc1[NH2+]C. The lowest BCUT2D eigenvalue weighted by molar-refractivity contribution is -0.539. The van der Waals surface area contributed by atoms with Gasteiger partial charge in [0.2, 0.25) is 0 Å². The lowest BCUT2D eigenvalue weighted by Gasteiger charge is -2.17. The van der Waals surface area contributed by atoms with Crippen molar-refractivity contribution in [3.05, 3.63) is 60.2 Å². The second kappa shape index (κ2) is 10.0. The molecule has 0 spiro atoms. The first kappa shape index (κ1) is 19.2. The van der Waals surface area contributed by atoms with Gasteiger partial charge in [-0.1, -0.05) is 25.1 Å². The van der Waals surface area contributed by atoms with Crippen LogP contribution in [0.5, 0.6) is 0 Å². The van der Waals surface area contributed by atoms with E-state index >= 15 is 0 Å². The fourth-order valence-electron chi connectivity index (χ4n) is 2.54. The minimum Gasteiger partial charge on any atom is -0.374 e. The van der Waals surface area contributed by atoms with E-state index in [1.807, 2.05) is 31.3 Å². The first-order chi connectivity index (χ1) is 12.2. The molecule has 0 unspecified atom stereocenters. The molecule has 4 nitrogen and oxygen atoms in total. The van der Waals surface area contributed by atoms with Crippen LogP contribution in [0.2, 0.25) is 0 Å². The lowest BCUT2D eigenvalue weighted by atomic mass is 10.1. The Morgan fingerprint density at radius 1 is 1.16 bits per heavy atom. The Morgan fingerprint density at radius 2 is 1.88 bits per heavy atom. The van der Waals surface area contributed by atoms with Crippen molar-refractivity contribution in [3.8, 4) is 0 Å². The molecule has 0 atom stereocenters. The number of azo groups is 1. The second-order valence-electron chi connectivity index (χ2n) is 5.74. The number of rotatable bonds is 8. The van der Waals surface area contributed by atoms with Crippen LogP contribution in [0.1, 0.15) is 18.9 Å². The molecule has 0 amide bonds. The largest absolute Gasteiger partial charge is 0.374 e. The van der Waals surface area contributed by atoms with Gasteiger partial charge in [0.15, 0.2) is 0 Å². The molecule has 0 bridgehead atoms. The van der Waals surface area contributed by atoms with Crippen LogP contribution < -0.4 is 10.2 Å². The molecule has 25 heavy (non-hydrogen) atoms. The Bertz CT molecular complexity index is 723. The van der Waals surface area contributed by atoms with Crippen LogP contribution in [0, 0.1) is 0 Å². The maximum atomic E-state index is 4.51. The molecule has 0 fully saturated rings. The van der Waals surface area contributed by atoms with Gasteiger partial charge in [-0.15, -0.1) is 0 Å². The van der Waals surface area contributed by atoms with Crippen LogP contribution >= 0.6 is 12.6 Å². The quantitative estimate of drug-likeness (QED) is 0.411. The normalized spacial score (nSPS) is 11.9. The van der Waals surface area contributed by atoms with Gasteiger partial charge in [-0.2, -0.15) is 22.9 Å². The van der Waals surface area contributed by atoms with Crippen LogP contribution in [0.25, 0.3) is 5.70 Å². The van der Waals surface area contributed by atoms with Crippen LogP contribution in [-0.2, 0) is 0 Å². The van der Waals surface area contributed by atoms with Crippen LogP contribution in [0.3, 0.4) is 0 Å². The van der Waals surface area contributed by atoms with Crippen LogP contribution in [-0.4, -0.2) is 26.4 Å². The minimum atomic E-state index is 0.830. The summed E-state index contributed by atoms with van der Waals surface area (Å²) in [6, 6.07) is 16.4. The van der Waals surface area contributed by atoms with E-state index in [-0.39, 0.29) is 0 Å². The highest BCUT2D eigenvalue weighted by molar-refractivity contribution is 7.80. The molecular formula is C20H27N4S+. The van der Waals surface area contributed by atoms with E-state index in [2.05, 4.69) is 77.4 Å². The zero-order chi connectivity index (χ0) is 18.1. The van der Waals surface area contributed by atoms with Gasteiger partial charge in [-0.3, -0.25) is 0 Å². The molecule has 0 radical (unpaired) electrons. The molecule has 0 saturated carbocycles. The minimum absolute atomic E-state index is 0.830. The number of hydrogen-bond acceptors (Lipinski definition) is 4. The van der Waals surface area contributed by atoms with E-state index in [9.17, 15) is 0 Å². The standard InChI is InChI=1S/C20H26N4S/c1-4-7-20(18-8-5-6-9-19(18)21-2)23-22-16-10-12-17(13-11-16)24(3)14-15-25/h5-13,21,25H,4,14-15H2,1-3H3/p+1/b20-7+,23-22?. The van der Waals surface area contributed by atoms with Gasteiger partial charge in [0, 0.05) is 25.0 Å². The van der Waals surface area contributed by atoms with Gasteiger partial charge in [0.05, 0.1) is 24.0 Å². The third-order valence-electron chi connectivity index (χ3n) is 3.94. The molecule has 132 valence electrons. The molecule has 2 aromatic rings. The van der Waals surface area contributed by atoms with Crippen molar-refractivity contribution >= 4 is 35.4 Å². The van der Waals surface area contributed by atoms with Crippen molar-refractivity contribution in [3.63, 3.8) is 0 Å². The molecule has 2 N–H and O–H groups in total. The maximum Gasteiger partial charge on any atom is 0.138 e. The highest BCUT2D eigenvalue weighted by Crippen LogP contribution is 2.25. The molecular weight excluding hydrogens is 328 g/mol. The molecule has 0 aliphatic carbocycles. The maximum absolute atomic E-state index is 4.51. The molecule has 0 aliphatic heterocycles. The summed E-state index contributed by atoms with van der Waals surface area (Å²) in [6.07, 6.45) is 3.03. The molecule has 2 rings (SSSR count). The topological polar surface area (TPSA) is 44.6 Å². The fourth-order valence-corrected chi connectivity index (χ4v) is 2.84.